The lowest BCUT2D eigenvalue weighted by molar-refractivity contribution is -0.171. The Bertz CT molecular complexity index is 994. The maximum absolute atomic E-state index is 13.7. The number of hydrogen-bond acceptors (Lipinski definition) is 6. The summed E-state index contributed by atoms with van der Waals surface area (Å²) in [6.07, 6.45) is 6.73. The Morgan fingerprint density at radius 2 is 1.85 bits per heavy atom. The molecular formula is C26H40O6Si2. The van der Waals surface area contributed by atoms with Crippen molar-refractivity contribution in [1.29, 1.82) is 0 Å². The van der Waals surface area contributed by atoms with E-state index >= 15 is 0 Å². The van der Waals surface area contributed by atoms with E-state index in [4.69, 9.17) is 18.3 Å². The van der Waals surface area contributed by atoms with Gasteiger partial charge in [0, 0.05) is 11.8 Å². The van der Waals surface area contributed by atoms with E-state index in [1.54, 1.807) is 0 Å². The number of hydrogen-bond donors (Lipinski definition) is 0. The zero-order valence-electron chi connectivity index (χ0n) is 21.9. The van der Waals surface area contributed by atoms with Gasteiger partial charge >= 0.3 is 11.9 Å². The molecule has 0 N–H and O–H groups in total. The van der Waals surface area contributed by atoms with Gasteiger partial charge in [0.25, 0.3) is 0 Å². The number of fused-ring (bicyclic) bond motifs is 1. The summed E-state index contributed by atoms with van der Waals surface area (Å²) in [7, 11) is -2.41. The van der Waals surface area contributed by atoms with Gasteiger partial charge in [0.2, 0.25) is 0 Å². The number of rotatable bonds is 5. The van der Waals surface area contributed by atoms with Gasteiger partial charge in [-0.3, -0.25) is 9.59 Å². The Morgan fingerprint density at radius 3 is 2.44 bits per heavy atom. The van der Waals surface area contributed by atoms with Crippen molar-refractivity contribution in [3.05, 3.63) is 24.3 Å². The second kappa shape index (κ2) is 6.96. The fourth-order valence-corrected chi connectivity index (χ4v) is 11.0. The SMILES string of the molecule is C=C1C[C@]23C[C@@]1(O[Si](C)(C)C)CCC2[C@]12OC(=O)C(C)(C=C[C@@H]1O[Si](C)(C)C)C2C3C(=O)OC. The first-order chi connectivity index (χ1) is 15.5. The molecule has 8 heteroatoms. The third-order valence-electron chi connectivity index (χ3n) is 9.17. The predicted octanol–water partition coefficient (Wildman–Crippen LogP) is 4.83. The van der Waals surface area contributed by atoms with Crippen LogP contribution < -0.4 is 0 Å². The molecule has 5 rings (SSSR count). The molecular weight excluding hydrogens is 464 g/mol. The molecule has 0 radical (unpaired) electrons. The molecule has 1 spiro atoms. The largest absolute Gasteiger partial charge is 0.469 e. The Hall–Kier alpha value is -1.23. The van der Waals surface area contributed by atoms with E-state index in [9.17, 15) is 9.59 Å². The van der Waals surface area contributed by atoms with Crippen molar-refractivity contribution in [2.24, 2.45) is 28.6 Å². The van der Waals surface area contributed by atoms with E-state index in [2.05, 4.69) is 51.9 Å². The Morgan fingerprint density at radius 1 is 1.18 bits per heavy atom. The lowest BCUT2D eigenvalue weighted by atomic mass is 9.62. The normalized spacial score (nSPS) is 46.8. The van der Waals surface area contributed by atoms with Crippen molar-refractivity contribution in [3.63, 3.8) is 0 Å². The van der Waals surface area contributed by atoms with Crippen LogP contribution in [-0.4, -0.2) is 53.0 Å². The van der Waals surface area contributed by atoms with E-state index in [1.165, 1.54) is 7.11 Å². The molecule has 0 amide bonds. The zero-order chi connectivity index (χ0) is 25.1. The molecule has 4 aliphatic carbocycles. The second-order valence-electron chi connectivity index (χ2n) is 13.5. The van der Waals surface area contributed by atoms with Crippen LogP contribution in [0.5, 0.6) is 0 Å². The Labute approximate surface area is 205 Å². The van der Waals surface area contributed by atoms with E-state index in [-0.39, 0.29) is 29.9 Å². The first-order valence-corrected chi connectivity index (χ1v) is 19.4. The molecule has 0 aromatic rings. The van der Waals surface area contributed by atoms with Gasteiger partial charge in [0.05, 0.1) is 24.0 Å². The van der Waals surface area contributed by atoms with Gasteiger partial charge in [-0.2, -0.15) is 0 Å². The molecule has 0 aromatic carbocycles. The van der Waals surface area contributed by atoms with Crippen LogP contribution in [0.1, 0.15) is 32.6 Å². The maximum Gasteiger partial charge on any atom is 0.316 e. The Balaban J connectivity index is 1.71. The van der Waals surface area contributed by atoms with Crippen LogP contribution >= 0.6 is 0 Å². The summed E-state index contributed by atoms with van der Waals surface area (Å²) >= 11 is 0. The van der Waals surface area contributed by atoms with Crippen LogP contribution in [0.25, 0.3) is 0 Å². The summed E-state index contributed by atoms with van der Waals surface area (Å²) < 4.78 is 25.5. The van der Waals surface area contributed by atoms with Crippen molar-refractivity contribution >= 4 is 28.6 Å². The Kier molecular flexibility index (Phi) is 5.01. The van der Waals surface area contributed by atoms with Gasteiger partial charge in [-0.25, -0.2) is 0 Å². The topological polar surface area (TPSA) is 71.1 Å². The highest BCUT2D eigenvalue weighted by molar-refractivity contribution is 6.70. The van der Waals surface area contributed by atoms with Crippen LogP contribution in [0.15, 0.2) is 24.3 Å². The van der Waals surface area contributed by atoms with E-state index < -0.39 is 44.6 Å². The molecule has 4 fully saturated rings. The smallest absolute Gasteiger partial charge is 0.316 e. The summed E-state index contributed by atoms with van der Waals surface area (Å²) in [5.74, 6) is -1.30. The molecule has 4 bridgehead atoms. The van der Waals surface area contributed by atoms with E-state index in [0.29, 0.717) is 6.42 Å². The molecule has 4 unspecified atom stereocenters. The third kappa shape index (κ3) is 2.97. The zero-order valence-corrected chi connectivity index (χ0v) is 23.9. The number of ether oxygens (including phenoxy) is 2. The summed E-state index contributed by atoms with van der Waals surface area (Å²) in [5.41, 5.74) is -1.48. The summed E-state index contributed by atoms with van der Waals surface area (Å²) in [6, 6.07) is 0. The van der Waals surface area contributed by atoms with Crippen LogP contribution in [0, 0.1) is 28.6 Å². The fraction of sp³-hybridized carbons (Fsp3) is 0.769. The molecule has 0 aromatic heterocycles. The average molecular weight is 505 g/mol. The van der Waals surface area contributed by atoms with Gasteiger partial charge in [-0.1, -0.05) is 18.7 Å². The van der Waals surface area contributed by atoms with Crippen molar-refractivity contribution in [1.82, 2.24) is 0 Å². The van der Waals surface area contributed by atoms with Crippen LogP contribution in [-0.2, 0) is 27.9 Å². The molecule has 6 nitrogen and oxygen atoms in total. The standard InChI is InChI=1S/C26H40O6Si2/c1-16-14-24-15-25(16,32-34(7,8)9)13-10-17(24)26-18(31-33(4,5)6)11-12-23(2,22(28)30-26)20(26)19(24)21(27)29-3/h11-12,17-20H,1,10,13-15H2,2-9H3/t17?,18-,19?,20?,23?,24-,25-,26-/m0/s1. The average Bonchev–Trinajstić information content (AvgIpc) is 3.12. The summed E-state index contributed by atoms with van der Waals surface area (Å²) in [6.45, 7) is 19.6. The minimum Gasteiger partial charge on any atom is -0.469 e. The molecule has 3 saturated carbocycles. The highest BCUT2D eigenvalue weighted by atomic mass is 28.4. The molecule has 1 aliphatic heterocycles. The lowest BCUT2D eigenvalue weighted by Crippen LogP contribution is -2.58. The first-order valence-electron chi connectivity index (χ1n) is 12.6. The van der Waals surface area contributed by atoms with Gasteiger partial charge < -0.3 is 18.3 Å². The van der Waals surface area contributed by atoms with Crippen molar-refractivity contribution in [3.8, 4) is 0 Å². The van der Waals surface area contributed by atoms with Gasteiger partial charge in [-0.05, 0) is 82.9 Å². The van der Waals surface area contributed by atoms with Crippen molar-refractivity contribution in [2.75, 3.05) is 7.11 Å². The predicted molar refractivity (Wildman–Crippen MR) is 134 cm³/mol. The number of methoxy groups -OCH3 is 1. The maximum atomic E-state index is 13.7. The number of carbonyl (C=O) groups is 2. The minimum absolute atomic E-state index is 0.0104. The highest BCUT2D eigenvalue weighted by Gasteiger charge is 2.85. The quantitative estimate of drug-likeness (QED) is 0.303. The molecule has 1 heterocycles. The molecule has 188 valence electrons. The number of carbonyl (C=O) groups excluding carboxylic acids is 2. The molecule has 8 atom stereocenters. The molecule has 5 aliphatic rings. The van der Waals surface area contributed by atoms with E-state index in [0.717, 1.165) is 24.8 Å². The summed E-state index contributed by atoms with van der Waals surface area (Å²) in [4.78, 5) is 27.1. The van der Waals surface area contributed by atoms with Crippen LogP contribution in [0.2, 0.25) is 39.3 Å². The second-order valence-corrected chi connectivity index (χ2v) is 22.4. The van der Waals surface area contributed by atoms with Crippen molar-refractivity contribution < 1.29 is 27.9 Å². The number of esters is 2. The van der Waals surface area contributed by atoms with Gasteiger partial charge in [0.15, 0.2) is 16.6 Å². The van der Waals surface area contributed by atoms with Crippen LogP contribution in [0.4, 0.5) is 0 Å². The minimum atomic E-state index is -1.99. The molecule has 34 heavy (non-hydrogen) atoms. The van der Waals surface area contributed by atoms with Gasteiger partial charge in [0.1, 0.15) is 11.7 Å². The monoisotopic (exact) mass is 504 g/mol. The summed E-state index contributed by atoms with van der Waals surface area (Å²) in [5, 5.41) is 0. The highest BCUT2D eigenvalue weighted by Crippen LogP contribution is 2.78. The van der Waals surface area contributed by atoms with Crippen LogP contribution in [0.3, 0.4) is 0 Å². The first kappa shape index (κ1) is 24.5. The fourth-order valence-electron chi connectivity index (χ4n) is 8.52. The third-order valence-corrected chi connectivity index (χ3v) is 11.1. The van der Waals surface area contributed by atoms with Gasteiger partial charge in [-0.15, -0.1) is 0 Å². The van der Waals surface area contributed by atoms with Crippen molar-refractivity contribution in [2.45, 2.75) is 89.2 Å². The molecule has 1 saturated heterocycles. The van der Waals surface area contributed by atoms with E-state index in [1.807, 2.05) is 13.0 Å². The lowest BCUT2D eigenvalue weighted by Gasteiger charge is -2.50.